The maximum Gasteiger partial charge on any atom is 0.253 e. The Bertz CT molecular complexity index is 6140. The van der Waals surface area contributed by atoms with Crippen molar-refractivity contribution in [2.45, 2.75) is 164 Å². The molecule has 0 aliphatic carbocycles. The van der Waals surface area contributed by atoms with Crippen LogP contribution in [0.25, 0.3) is 21.5 Å². The fraction of sp³-hybridized carbons (Fsp3) is 0.328. The second-order valence-corrected chi connectivity index (χ2v) is 37.7. The standard InChI is InChI=1S/2C33H37N3O.C30H37N3O.C29H35N3O/c1-3-35(4-2)33(37)28-17-19-29(20-18-28)36(32-16-10-14-27-13-8-9-15-31(27)32)30-21-23-34(24-22-30)25-26-11-6-5-7-12-26;1-3-35(4-2)33(37)28-15-17-30(18-16-28)36(32-19-14-27-12-8-9-13-29(27)24-32)31-20-22-34(23-21-31)25-26-10-6-5-7-11-26;1-4-32(5-2)30(34)26-13-17-28(18-14-26)33(27-15-11-24(3)12-16-27)29-19-21-31(22-20-29)23-25-9-7-6-8-10-25;1-3-31(4-2)29(33)25-15-17-27(18-16-25)32(26-13-9-6-10-14-26)28-19-21-30(22-20-28)23-24-11-7-5-8-12-24/h5-20,30H,3-4,21-25H2,1-2H3;5-19,24,31H,3-4,20-23,25H2,1-2H3;6-18,29H,4-5,19-23H2,1-3H3;5-18,28H,3-4,19-23H2,1-2H3. The highest BCUT2D eigenvalue weighted by atomic mass is 16.2. The van der Waals surface area contributed by atoms with E-state index in [9.17, 15) is 19.2 Å². The van der Waals surface area contributed by atoms with Crippen molar-refractivity contribution in [1.82, 2.24) is 39.2 Å². The molecule has 0 aromatic heterocycles. The van der Waals surface area contributed by atoms with Gasteiger partial charge in [0.25, 0.3) is 23.6 Å². The number of nitrogens with zero attached hydrogens (tertiary/aromatic N) is 12. The first kappa shape index (κ1) is 102. The van der Waals surface area contributed by atoms with Gasteiger partial charge in [0.05, 0.1) is 0 Å². The minimum Gasteiger partial charge on any atom is -0.339 e. The number of aryl methyl sites for hydroxylation is 1. The quantitative estimate of drug-likeness (QED) is 0.0401. The van der Waals surface area contributed by atoms with Crippen molar-refractivity contribution in [2.75, 3.05) is 124 Å². The van der Waals surface area contributed by atoms with E-state index in [1.165, 1.54) is 72.1 Å². The van der Waals surface area contributed by atoms with Crippen LogP contribution in [0, 0.1) is 6.92 Å². The Labute approximate surface area is 840 Å². The SMILES string of the molecule is CCN(CC)C(=O)c1ccc(N(c2ccc(C)cc2)C2CCN(Cc3ccccc3)CC2)cc1.CCN(CC)C(=O)c1ccc(N(c2ccc3ccccc3c2)C2CCN(Cc3ccccc3)CC2)cc1.CCN(CC)C(=O)c1ccc(N(c2cccc3ccccc23)C2CCN(Cc3ccccc3)CC2)cc1.CCN(CC)C(=O)c1ccc(N(c2ccccc2)C2CCN(Cc3ccccc3)CC2)cc1. The number of fused-ring (bicyclic) bond motifs is 2. The molecule has 0 spiro atoms. The maximum atomic E-state index is 12.9. The molecule has 4 aliphatic heterocycles. The molecule has 4 fully saturated rings. The average Bonchev–Trinajstić information content (AvgIpc) is 0.778. The molecular weight excluding hydrogens is 1730 g/mol. The highest BCUT2D eigenvalue weighted by Crippen LogP contribution is 2.41. The average molecular weight is 1880 g/mol. The van der Waals surface area contributed by atoms with Crippen molar-refractivity contribution in [3.8, 4) is 0 Å². The number of rotatable bonds is 32. The van der Waals surface area contributed by atoms with E-state index in [1.54, 1.807) is 0 Å². The summed E-state index contributed by atoms with van der Waals surface area (Å²) in [4.78, 5) is 79.1. The van der Waals surface area contributed by atoms with Crippen LogP contribution >= 0.6 is 0 Å². The first-order valence-corrected chi connectivity index (χ1v) is 52.0. The third kappa shape index (κ3) is 27.0. The van der Waals surface area contributed by atoms with Gasteiger partial charge in [-0.3, -0.25) is 38.8 Å². The van der Waals surface area contributed by atoms with Crippen LogP contribution in [0.1, 0.15) is 176 Å². The molecule has 0 saturated carbocycles. The lowest BCUT2D eigenvalue weighted by molar-refractivity contribution is 0.0765. The molecule has 0 radical (unpaired) electrons. The molecule has 14 aromatic carbocycles. The lowest BCUT2D eigenvalue weighted by atomic mass is 9.98. The molecule has 141 heavy (non-hydrogen) atoms. The summed E-state index contributed by atoms with van der Waals surface area (Å²) in [7, 11) is 0. The lowest BCUT2D eigenvalue weighted by Crippen LogP contribution is -2.43. The predicted octanol–water partition coefficient (Wildman–Crippen LogP) is 26.5. The first-order chi connectivity index (χ1) is 69.1. The molecular formula is C125H146N12O4. The van der Waals surface area contributed by atoms with Gasteiger partial charge < -0.3 is 39.2 Å². The summed E-state index contributed by atoms with van der Waals surface area (Å²) in [6.45, 7) is 36.8. The minimum absolute atomic E-state index is 0.0995. The van der Waals surface area contributed by atoms with Crippen molar-refractivity contribution in [3.63, 3.8) is 0 Å². The van der Waals surface area contributed by atoms with E-state index in [1.807, 2.05) is 124 Å². The van der Waals surface area contributed by atoms with Gasteiger partial charge in [-0.2, -0.15) is 0 Å². The summed E-state index contributed by atoms with van der Waals surface area (Å²) in [5.41, 5.74) is 19.3. The van der Waals surface area contributed by atoms with Crippen LogP contribution in [0.2, 0.25) is 0 Å². The second kappa shape index (κ2) is 51.6. The lowest BCUT2D eigenvalue weighted by Gasteiger charge is -2.40. The summed E-state index contributed by atoms with van der Waals surface area (Å²) in [5.74, 6) is 0.408. The number of anilines is 8. The number of benzene rings is 14. The molecule has 730 valence electrons. The van der Waals surface area contributed by atoms with Crippen molar-refractivity contribution >= 4 is 90.7 Å². The summed E-state index contributed by atoms with van der Waals surface area (Å²) in [6.07, 6.45) is 8.83. The van der Waals surface area contributed by atoms with Crippen LogP contribution in [0.5, 0.6) is 0 Å². The Kier molecular flexibility index (Phi) is 37.3. The van der Waals surface area contributed by atoms with E-state index >= 15 is 0 Å². The van der Waals surface area contributed by atoms with E-state index in [4.69, 9.17) is 0 Å². The van der Waals surface area contributed by atoms with Crippen LogP contribution in [0.3, 0.4) is 0 Å². The molecule has 4 aliphatic rings. The van der Waals surface area contributed by atoms with Gasteiger partial charge in [-0.05, 0) is 292 Å². The van der Waals surface area contributed by atoms with E-state index in [-0.39, 0.29) is 23.6 Å². The Morgan fingerprint density at radius 2 is 0.461 bits per heavy atom. The van der Waals surface area contributed by atoms with Gasteiger partial charge in [-0.25, -0.2) is 0 Å². The molecule has 0 unspecified atom stereocenters. The highest BCUT2D eigenvalue weighted by molar-refractivity contribution is 5.99. The zero-order chi connectivity index (χ0) is 98.2. The van der Waals surface area contributed by atoms with Gasteiger partial charge in [0.1, 0.15) is 0 Å². The number of carbonyl (C=O) groups is 4. The van der Waals surface area contributed by atoms with Crippen LogP contribution < -0.4 is 19.6 Å². The van der Waals surface area contributed by atoms with Crippen LogP contribution in [0.15, 0.2) is 358 Å². The molecule has 14 aromatic rings. The number of carbonyl (C=O) groups excluding carboxylic acids is 4. The van der Waals surface area contributed by atoms with Gasteiger partial charge in [0.15, 0.2) is 0 Å². The Balaban J connectivity index is 0.000000142. The monoisotopic (exact) mass is 1880 g/mol. The summed E-state index contributed by atoms with van der Waals surface area (Å²) in [5, 5.41) is 5.02. The number of amides is 4. The van der Waals surface area contributed by atoms with Crippen LogP contribution in [-0.4, -0.2) is 192 Å². The molecule has 0 atom stereocenters. The number of likely N-dealkylation sites (tertiary alicyclic amines) is 4. The maximum absolute atomic E-state index is 12.9. The van der Waals surface area contributed by atoms with Crippen molar-refractivity contribution in [1.29, 1.82) is 0 Å². The molecule has 16 heteroatoms. The van der Waals surface area contributed by atoms with Gasteiger partial charge in [0, 0.05) is 228 Å². The van der Waals surface area contributed by atoms with Crippen LogP contribution in [-0.2, 0) is 26.2 Å². The van der Waals surface area contributed by atoms with E-state index in [2.05, 4.69) is 356 Å². The largest absolute Gasteiger partial charge is 0.339 e. The van der Waals surface area contributed by atoms with Gasteiger partial charge >= 0.3 is 0 Å². The fourth-order valence-electron chi connectivity index (χ4n) is 20.8. The summed E-state index contributed by atoms with van der Waals surface area (Å²) < 4.78 is 0. The Morgan fingerprint density at radius 3 is 0.773 bits per heavy atom. The van der Waals surface area contributed by atoms with E-state index in [0.29, 0.717) is 24.2 Å². The van der Waals surface area contributed by atoms with E-state index < -0.39 is 0 Å². The van der Waals surface area contributed by atoms with Crippen molar-refractivity contribution in [2.24, 2.45) is 0 Å². The summed E-state index contributed by atoms with van der Waals surface area (Å²) >= 11 is 0. The Morgan fingerprint density at radius 1 is 0.227 bits per heavy atom. The van der Waals surface area contributed by atoms with E-state index in [0.717, 1.165) is 227 Å². The molecule has 4 saturated heterocycles. The van der Waals surface area contributed by atoms with Gasteiger partial charge in [0.2, 0.25) is 0 Å². The highest BCUT2D eigenvalue weighted by Gasteiger charge is 2.33. The third-order valence-electron chi connectivity index (χ3n) is 28.8. The first-order valence-electron chi connectivity index (χ1n) is 52.0. The molecule has 4 heterocycles. The normalized spacial score (nSPS) is 14.6. The number of piperidine rings is 4. The minimum atomic E-state index is 0.0995. The fourth-order valence-corrected chi connectivity index (χ4v) is 20.8. The molecule has 0 bridgehead atoms. The molecule has 16 nitrogen and oxygen atoms in total. The number of para-hydroxylation sites is 1. The molecule has 0 N–H and O–H groups in total. The topological polar surface area (TPSA) is 107 Å². The Hall–Kier alpha value is -13.5. The van der Waals surface area contributed by atoms with Crippen molar-refractivity contribution < 1.29 is 19.2 Å². The zero-order valence-electron chi connectivity index (χ0n) is 84.7. The molecule has 18 rings (SSSR count). The van der Waals surface area contributed by atoms with Crippen molar-refractivity contribution in [3.05, 3.63) is 408 Å². The smallest absolute Gasteiger partial charge is 0.253 e. The number of hydrogen-bond donors (Lipinski definition) is 0. The number of hydrogen-bond acceptors (Lipinski definition) is 12. The third-order valence-corrected chi connectivity index (χ3v) is 28.8. The zero-order valence-corrected chi connectivity index (χ0v) is 84.7. The second-order valence-electron chi connectivity index (χ2n) is 37.7. The summed E-state index contributed by atoms with van der Waals surface area (Å²) in [6, 6.07) is 128. The van der Waals surface area contributed by atoms with Gasteiger partial charge in [-0.15, -0.1) is 0 Å². The molecule has 4 amide bonds. The van der Waals surface area contributed by atoms with Crippen LogP contribution in [0.4, 0.5) is 45.5 Å². The van der Waals surface area contributed by atoms with Gasteiger partial charge in [-0.1, -0.05) is 224 Å². The predicted molar refractivity (Wildman–Crippen MR) is 588 cm³/mol.